The van der Waals surface area contributed by atoms with E-state index in [1.807, 2.05) is 44.2 Å². The predicted octanol–water partition coefficient (Wildman–Crippen LogP) is 2.35. The van der Waals surface area contributed by atoms with E-state index in [4.69, 9.17) is 4.42 Å². The third kappa shape index (κ3) is 6.00. The van der Waals surface area contributed by atoms with E-state index >= 15 is 0 Å². The molecule has 140 valence electrons. The molecule has 0 spiro atoms. The van der Waals surface area contributed by atoms with E-state index in [-0.39, 0.29) is 12.3 Å². The molecule has 0 fully saturated rings. The van der Waals surface area contributed by atoms with Crippen LogP contribution in [0.1, 0.15) is 37.4 Å². The number of rotatable bonds is 10. The molecule has 0 aliphatic carbocycles. The van der Waals surface area contributed by atoms with Crippen LogP contribution in [0.25, 0.3) is 0 Å². The Hall–Kier alpha value is -2.67. The van der Waals surface area contributed by atoms with Crippen molar-refractivity contribution in [2.75, 3.05) is 0 Å². The molecule has 0 amide bonds. The minimum absolute atomic E-state index is 0.0511. The number of carboxylic acid groups (broad SMARTS) is 2. The Labute approximate surface area is 152 Å². The maximum Gasteiger partial charge on any atom is 0.321 e. The Morgan fingerprint density at radius 3 is 2.35 bits per heavy atom. The summed E-state index contributed by atoms with van der Waals surface area (Å²) in [4.78, 5) is 27.2. The van der Waals surface area contributed by atoms with Crippen molar-refractivity contribution in [1.29, 1.82) is 0 Å². The van der Waals surface area contributed by atoms with Crippen LogP contribution in [0, 0.1) is 5.92 Å². The van der Waals surface area contributed by atoms with Gasteiger partial charge in [0.25, 0.3) is 0 Å². The van der Waals surface area contributed by atoms with Gasteiger partial charge in [0.05, 0.1) is 5.69 Å². The minimum Gasteiger partial charge on any atom is -0.480 e. The van der Waals surface area contributed by atoms with E-state index in [2.05, 4.69) is 10.3 Å². The highest BCUT2D eigenvalue weighted by atomic mass is 16.4. The molecule has 1 aromatic carbocycles. The number of aromatic nitrogens is 1. The molecule has 0 radical (unpaired) electrons. The molecule has 2 atom stereocenters. The highest BCUT2D eigenvalue weighted by molar-refractivity contribution is 5.77. The Balaban J connectivity index is 2.03. The third-order valence-corrected chi connectivity index (χ3v) is 3.92. The van der Waals surface area contributed by atoms with Crippen LogP contribution in [-0.2, 0) is 22.4 Å². The fourth-order valence-corrected chi connectivity index (χ4v) is 2.68. The molecule has 0 saturated carbocycles. The van der Waals surface area contributed by atoms with Crippen molar-refractivity contribution >= 4 is 11.9 Å². The first-order valence-electron chi connectivity index (χ1n) is 8.54. The molecule has 7 heteroatoms. The lowest BCUT2D eigenvalue weighted by molar-refractivity contribution is -0.142. The van der Waals surface area contributed by atoms with Crippen molar-refractivity contribution in [2.24, 2.45) is 5.92 Å². The lowest BCUT2D eigenvalue weighted by Crippen LogP contribution is -2.48. The monoisotopic (exact) mass is 360 g/mol. The van der Waals surface area contributed by atoms with Gasteiger partial charge in [0.1, 0.15) is 18.3 Å². The first-order chi connectivity index (χ1) is 12.3. The summed E-state index contributed by atoms with van der Waals surface area (Å²) in [5, 5.41) is 21.4. The maximum absolute atomic E-state index is 11.5. The van der Waals surface area contributed by atoms with Gasteiger partial charge in [-0.1, -0.05) is 44.2 Å². The van der Waals surface area contributed by atoms with Gasteiger partial charge in [-0.25, -0.2) is 4.98 Å². The Morgan fingerprint density at radius 1 is 1.12 bits per heavy atom. The predicted molar refractivity (Wildman–Crippen MR) is 94.9 cm³/mol. The first kappa shape index (κ1) is 19.7. The van der Waals surface area contributed by atoms with Crippen molar-refractivity contribution in [3.05, 3.63) is 53.7 Å². The van der Waals surface area contributed by atoms with Crippen LogP contribution in [0.4, 0.5) is 0 Å². The molecule has 2 unspecified atom stereocenters. The highest BCUT2D eigenvalue weighted by Gasteiger charge is 2.27. The van der Waals surface area contributed by atoms with E-state index in [0.29, 0.717) is 24.4 Å². The second-order valence-corrected chi connectivity index (χ2v) is 6.68. The molecule has 0 aliphatic heterocycles. The van der Waals surface area contributed by atoms with Gasteiger partial charge in [0.2, 0.25) is 0 Å². The van der Waals surface area contributed by atoms with Gasteiger partial charge in [0.15, 0.2) is 5.89 Å². The van der Waals surface area contributed by atoms with E-state index in [0.717, 1.165) is 5.56 Å². The standard InChI is InChI=1S/C19H24N2O5/c1-12(2)8-15(18(22)23)21-16(19(24)25)10-14-11-26-17(20-14)9-13-6-4-3-5-7-13/h3-7,11-12,15-16,21H,8-10H2,1-2H3,(H,22,23)(H,24,25). The van der Waals surface area contributed by atoms with Gasteiger partial charge in [0, 0.05) is 12.8 Å². The number of carboxylic acids is 2. The number of oxazole rings is 1. The van der Waals surface area contributed by atoms with Crippen LogP contribution in [0.3, 0.4) is 0 Å². The second kappa shape index (κ2) is 9.15. The van der Waals surface area contributed by atoms with Gasteiger partial charge >= 0.3 is 11.9 Å². The van der Waals surface area contributed by atoms with Crippen molar-refractivity contribution in [3.63, 3.8) is 0 Å². The minimum atomic E-state index is -1.12. The summed E-state index contributed by atoms with van der Waals surface area (Å²) in [5.74, 6) is -1.56. The lowest BCUT2D eigenvalue weighted by Gasteiger charge is -2.21. The average Bonchev–Trinajstić information content (AvgIpc) is 3.00. The van der Waals surface area contributed by atoms with Gasteiger partial charge < -0.3 is 14.6 Å². The number of benzene rings is 1. The molecule has 0 bridgehead atoms. The normalized spacial score (nSPS) is 13.5. The molecular formula is C19H24N2O5. The van der Waals surface area contributed by atoms with Crippen molar-refractivity contribution in [2.45, 2.75) is 45.2 Å². The third-order valence-electron chi connectivity index (χ3n) is 3.92. The van der Waals surface area contributed by atoms with Crippen LogP contribution in [0.5, 0.6) is 0 Å². The molecule has 26 heavy (non-hydrogen) atoms. The van der Waals surface area contributed by atoms with Gasteiger partial charge in [-0.15, -0.1) is 0 Å². The molecule has 0 aliphatic rings. The Morgan fingerprint density at radius 2 is 1.77 bits per heavy atom. The van der Waals surface area contributed by atoms with Gasteiger partial charge in [-0.05, 0) is 17.9 Å². The fourth-order valence-electron chi connectivity index (χ4n) is 2.68. The molecule has 0 saturated heterocycles. The highest BCUT2D eigenvalue weighted by Crippen LogP contribution is 2.12. The summed E-state index contributed by atoms with van der Waals surface area (Å²) in [6.45, 7) is 3.78. The van der Waals surface area contributed by atoms with E-state index < -0.39 is 24.0 Å². The molecule has 1 heterocycles. The largest absolute Gasteiger partial charge is 0.480 e. The fraction of sp³-hybridized carbons (Fsp3) is 0.421. The zero-order chi connectivity index (χ0) is 19.1. The van der Waals surface area contributed by atoms with Crippen molar-refractivity contribution in [1.82, 2.24) is 10.3 Å². The number of carbonyl (C=O) groups is 2. The van der Waals surface area contributed by atoms with Gasteiger partial charge in [-0.2, -0.15) is 0 Å². The topological polar surface area (TPSA) is 113 Å². The Bertz CT molecular complexity index is 727. The van der Waals surface area contributed by atoms with Crippen LogP contribution < -0.4 is 5.32 Å². The van der Waals surface area contributed by atoms with Crippen molar-refractivity contribution in [3.8, 4) is 0 Å². The van der Waals surface area contributed by atoms with Crippen molar-refractivity contribution < 1.29 is 24.2 Å². The second-order valence-electron chi connectivity index (χ2n) is 6.68. The van der Waals surface area contributed by atoms with E-state index in [1.54, 1.807) is 0 Å². The quantitative estimate of drug-likeness (QED) is 0.596. The number of aliphatic carboxylic acids is 2. The summed E-state index contributed by atoms with van der Waals surface area (Å²) in [7, 11) is 0. The van der Waals surface area contributed by atoms with E-state index in [1.165, 1.54) is 6.26 Å². The van der Waals surface area contributed by atoms with Crippen LogP contribution >= 0.6 is 0 Å². The Kier molecular flexibility index (Phi) is 6.91. The number of nitrogens with one attached hydrogen (secondary N) is 1. The number of nitrogens with zero attached hydrogens (tertiary/aromatic N) is 1. The number of hydrogen-bond donors (Lipinski definition) is 3. The zero-order valence-electron chi connectivity index (χ0n) is 14.9. The van der Waals surface area contributed by atoms with Gasteiger partial charge in [-0.3, -0.25) is 14.9 Å². The summed E-state index contributed by atoms with van der Waals surface area (Å²) >= 11 is 0. The SMILES string of the molecule is CC(C)CC(NC(Cc1coc(Cc2ccccc2)n1)C(=O)O)C(=O)O. The molecular weight excluding hydrogens is 336 g/mol. The van der Waals surface area contributed by atoms with Crippen LogP contribution in [0.15, 0.2) is 41.0 Å². The molecule has 7 nitrogen and oxygen atoms in total. The molecule has 2 rings (SSSR count). The number of hydrogen-bond acceptors (Lipinski definition) is 5. The summed E-state index contributed by atoms with van der Waals surface area (Å²) < 4.78 is 5.42. The smallest absolute Gasteiger partial charge is 0.321 e. The summed E-state index contributed by atoms with van der Waals surface area (Å²) in [6, 6.07) is 7.69. The summed E-state index contributed by atoms with van der Waals surface area (Å²) in [6.07, 6.45) is 2.33. The average molecular weight is 360 g/mol. The maximum atomic E-state index is 11.5. The molecule has 2 aromatic rings. The van der Waals surface area contributed by atoms with E-state index in [9.17, 15) is 19.8 Å². The molecule has 1 aromatic heterocycles. The summed E-state index contributed by atoms with van der Waals surface area (Å²) in [5.41, 5.74) is 1.52. The first-order valence-corrected chi connectivity index (χ1v) is 8.54. The lowest BCUT2D eigenvalue weighted by atomic mass is 10.0. The molecule has 3 N–H and O–H groups in total. The van der Waals surface area contributed by atoms with Crippen LogP contribution in [-0.4, -0.2) is 39.2 Å². The van der Waals surface area contributed by atoms with Crippen LogP contribution in [0.2, 0.25) is 0 Å². The zero-order valence-corrected chi connectivity index (χ0v) is 14.9.